The van der Waals surface area contributed by atoms with Gasteiger partial charge in [0.05, 0.1) is 6.26 Å². The number of aryl methyl sites for hydroxylation is 1. The van der Waals surface area contributed by atoms with Crippen LogP contribution in [-0.2, 0) is 0 Å². The smallest absolute Gasteiger partial charge is 0.129 e. The van der Waals surface area contributed by atoms with Crippen LogP contribution in [0.1, 0.15) is 18.4 Å². The predicted octanol–water partition coefficient (Wildman–Crippen LogP) is 0.943. The summed E-state index contributed by atoms with van der Waals surface area (Å²) in [7, 11) is 0. The third-order valence-corrected chi connectivity index (χ3v) is 1.90. The molecule has 10 heavy (non-hydrogen) atoms. The number of hydrogen-bond acceptors (Lipinski definition) is 1. The lowest BCUT2D eigenvalue weighted by atomic mass is 10.1. The van der Waals surface area contributed by atoms with Crippen LogP contribution in [0.3, 0.4) is 0 Å². The first-order chi connectivity index (χ1) is 4.88. The largest absolute Gasteiger partial charge is 0.464 e. The lowest BCUT2D eigenvalue weighted by molar-refractivity contribution is 0.527. The van der Waals surface area contributed by atoms with Crippen LogP contribution in [0, 0.1) is 6.92 Å². The Morgan fingerprint density at radius 3 is 2.90 bits per heavy atom. The van der Waals surface area contributed by atoms with Gasteiger partial charge in [-0.3, -0.25) is 0 Å². The fourth-order valence-electron chi connectivity index (χ4n) is 1.33. The summed E-state index contributed by atoms with van der Waals surface area (Å²) in [5, 5.41) is 1.30. The van der Waals surface area contributed by atoms with Crippen molar-refractivity contribution in [3.05, 3.63) is 22.5 Å². The summed E-state index contributed by atoms with van der Waals surface area (Å²) >= 11 is 0. The number of fused-ring (bicyclic) bond motifs is 1. The highest BCUT2D eigenvalue weighted by Crippen LogP contribution is 1.96. The molecule has 0 N–H and O–H groups in total. The van der Waals surface area contributed by atoms with Crippen molar-refractivity contribution >= 4 is 12.2 Å². The van der Waals surface area contributed by atoms with Gasteiger partial charge in [-0.1, -0.05) is 6.08 Å². The standard InChI is InChI=1S/C9H10O/c1-7-6-10-9-5-3-2-4-8(7)9/h4-6H,2-3H2,1H3. The molecular formula is C9H10O. The molecule has 0 radical (unpaired) electrons. The molecule has 0 saturated carbocycles. The first kappa shape index (κ1) is 5.78. The average Bonchev–Trinajstić information content (AvgIpc) is 2.34. The van der Waals surface area contributed by atoms with E-state index in [1.807, 2.05) is 6.26 Å². The molecule has 1 heteroatoms. The summed E-state index contributed by atoms with van der Waals surface area (Å²) in [6.07, 6.45) is 8.51. The minimum atomic E-state index is 1.06. The van der Waals surface area contributed by atoms with Gasteiger partial charge in [0.15, 0.2) is 0 Å². The molecule has 0 aliphatic heterocycles. The van der Waals surface area contributed by atoms with Gasteiger partial charge in [-0.2, -0.15) is 0 Å². The second kappa shape index (κ2) is 2.01. The van der Waals surface area contributed by atoms with E-state index in [1.54, 1.807) is 0 Å². The van der Waals surface area contributed by atoms with E-state index in [2.05, 4.69) is 19.1 Å². The predicted molar refractivity (Wildman–Crippen MR) is 40.9 cm³/mol. The van der Waals surface area contributed by atoms with Crippen LogP contribution in [0.2, 0.25) is 0 Å². The van der Waals surface area contributed by atoms with E-state index in [9.17, 15) is 0 Å². The van der Waals surface area contributed by atoms with Crippen LogP contribution in [0.4, 0.5) is 0 Å². The van der Waals surface area contributed by atoms with Crippen LogP contribution in [-0.4, -0.2) is 0 Å². The van der Waals surface area contributed by atoms with Crippen molar-refractivity contribution in [1.29, 1.82) is 0 Å². The molecule has 2 rings (SSSR count). The lowest BCUT2D eigenvalue weighted by Crippen LogP contribution is -2.23. The first-order valence-electron chi connectivity index (χ1n) is 3.62. The summed E-state index contributed by atoms with van der Waals surface area (Å²) in [5.74, 6) is 0. The molecule has 0 aromatic carbocycles. The molecule has 1 nitrogen and oxygen atoms in total. The Bertz CT molecular complexity index is 343. The van der Waals surface area contributed by atoms with Gasteiger partial charge >= 0.3 is 0 Å². The molecule has 0 saturated heterocycles. The van der Waals surface area contributed by atoms with Crippen LogP contribution in [0.5, 0.6) is 0 Å². The van der Waals surface area contributed by atoms with Gasteiger partial charge in [0.2, 0.25) is 0 Å². The van der Waals surface area contributed by atoms with Crippen molar-refractivity contribution < 1.29 is 4.42 Å². The summed E-state index contributed by atoms with van der Waals surface area (Å²) in [6, 6.07) is 0. The zero-order chi connectivity index (χ0) is 6.97. The molecule has 1 aromatic heterocycles. The maximum atomic E-state index is 5.30. The minimum Gasteiger partial charge on any atom is -0.464 e. The normalized spacial score (nSPS) is 15.3. The van der Waals surface area contributed by atoms with Crippen LogP contribution < -0.4 is 10.6 Å². The monoisotopic (exact) mass is 134 g/mol. The van der Waals surface area contributed by atoms with Gasteiger partial charge in [0, 0.05) is 5.22 Å². The molecule has 0 amide bonds. The van der Waals surface area contributed by atoms with Crippen molar-refractivity contribution in [3.8, 4) is 0 Å². The summed E-state index contributed by atoms with van der Waals surface area (Å²) in [4.78, 5) is 0. The minimum absolute atomic E-state index is 1.06. The Morgan fingerprint density at radius 2 is 2.10 bits per heavy atom. The van der Waals surface area contributed by atoms with Gasteiger partial charge in [0.1, 0.15) is 5.42 Å². The zero-order valence-electron chi connectivity index (χ0n) is 6.05. The first-order valence-corrected chi connectivity index (χ1v) is 3.62. The molecule has 1 aromatic rings. The molecule has 1 heterocycles. The highest BCUT2D eigenvalue weighted by Gasteiger charge is 1.98. The topological polar surface area (TPSA) is 13.1 Å². The van der Waals surface area contributed by atoms with Crippen LogP contribution in [0.25, 0.3) is 12.2 Å². The highest BCUT2D eigenvalue weighted by molar-refractivity contribution is 5.37. The Labute approximate surface area is 59.7 Å². The van der Waals surface area contributed by atoms with Crippen molar-refractivity contribution in [2.24, 2.45) is 0 Å². The van der Waals surface area contributed by atoms with E-state index in [4.69, 9.17) is 4.42 Å². The van der Waals surface area contributed by atoms with Crippen LogP contribution >= 0.6 is 0 Å². The van der Waals surface area contributed by atoms with Gasteiger partial charge < -0.3 is 4.42 Å². The molecule has 52 valence electrons. The molecular weight excluding hydrogens is 124 g/mol. The second-order valence-corrected chi connectivity index (χ2v) is 2.68. The fourth-order valence-corrected chi connectivity index (χ4v) is 1.33. The van der Waals surface area contributed by atoms with E-state index < -0.39 is 0 Å². The number of hydrogen-bond donors (Lipinski definition) is 0. The number of furan rings is 1. The third-order valence-electron chi connectivity index (χ3n) is 1.90. The zero-order valence-corrected chi connectivity index (χ0v) is 6.05. The average molecular weight is 134 g/mol. The van der Waals surface area contributed by atoms with E-state index in [0.29, 0.717) is 0 Å². The van der Waals surface area contributed by atoms with E-state index >= 15 is 0 Å². The molecule has 0 atom stereocenters. The summed E-state index contributed by atoms with van der Waals surface area (Å²) in [5.41, 5.74) is 2.31. The number of rotatable bonds is 0. The maximum absolute atomic E-state index is 5.30. The molecule has 0 unspecified atom stereocenters. The Hall–Kier alpha value is -0.980. The molecule has 0 fully saturated rings. The molecule has 0 bridgehead atoms. The Balaban J connectivity index is 2.89. The van der Waals surface area contributed by atoms with Gasteiger partial charge in [0.25, 0.3) is 0 Å². The van der Waals surface area contributed by atoms with Crippen LogP contribution in [0.15, 0.2) is 10.7 Å². The highest BCUT2D eigenvalue weighted by atomic mass is 16.3. The van der Waals surface area contributed by atoms with Gasteiger partial charge in [-0.15, -0.1) is 0 Å². The Kier molecular flexibility index (Phi) is 1.16. The quantitative estimate of drug-likeness (QED) is 0.514. The van der Waals surface area contributed by atoms with Crippen molar-refractivity contribution in [3.63, 3.8) is 0 Å². The maximum Gasteiger partial charge on any atom is 0.129 e. The Morgan fingerprint density at radius 1 is 1.30 bits per heavy atom. The van der Waals surface area contributed by atoms with Gasteiger partial charge in [-0.25, -0.2) is 0 Å². The van der Waals surface area contributed by atoms with E-state index in [0.717, 1.165) is 18.3 Å². The molecule has 1 aliphatic carbocycles. The summed E-state index contributed by atoms with van der Waals surface area (Å²) < 4.78 is 5.30. The van der Waals surface area contributed by atoms with E-state index in [1.165, 1.54) is 10.8 Å². The summed E-state index contributed by atoms with van der Waals surface area (Å²) in [6.45, 7) is 2.08. The van der Waals surface area contributed by atoms with Crippen molar-refractivity contribution in [2.75, 3.05) is 0 Å². The lowest BCUT2D eigenvalue weighted by Gasteiger charge is -1.91. The van der Waals surface area contributed by atoms with Crippen molar-refractivity contribution in [1.82, 2.24) is 0 Å². The molecule has 0 spiro atoms. The van der Waals surface area contributed by atoms with Crippen molar-refractivity contribution in [2.45, 2.75) is 19.8 Å². The van der Waals surface area contributed by atoms with E-state index in [-0.39, 0.29) is 0 Å². The molecule has 1 aliphatic rings. The fraction of sp³-hybridized carbons (Fsp3) is 0.333. The third kappa shape index (κ3) is 0.703. The SMILES string of the molecule is Cc1coc2c1=CCCC=2. The van der Waals surface area contributed by atoms with Gasteiger partial charge in [-0.05, 0) is 31.4 Å². The second-order valence-electron chi connectivity index (χ2n) is 2.68.